The zero-order valence-corrected chi connectivity index (χ0v) is 15.6. The third-order valence-electron chi connectivity index (χ3n) is 5.82. The predicted molar refractivity (Wildman–Crippen MR) is 102 cm³/mol. The van der Waals surface area contributed by atoms with Crippen molar-refractivity contribution in [3.8, 4) is 0 Å². The van der Waals surface area contributed by atoms with Crippen molar-refractivity contribution in [2.45, 2.75) is 58.3 Å². The molecule has 0 aliphatic carbocycles. The van der Waals surface area contributed by atoms with Gasteiger partial charge in [-0.25, -0.2) is 4.39 Å². The van der Waals surface area contributed by atoms with Crippen molar-refractivity contribution in [1.82, 2.24) is 4.57 Å². The van der Waals surface area contributed by atoms with Crippen LogP contribution < -0.4 is 5.56 Å². The van der Waals surface area contributed by atoms with E-state index in [1.54, 1.807) is 10.6 Å². The zero-order valence-electron chi connectivity index (χ0n) is 15.6. The van der Waals surface area contributed by atoms with Crippen LogP contribution in [0, 0.1) is 0 Å². The van der Waals surface area contributed by atoms with Crippen molar-refractivity contribution in [2.75, 3.05) is 0 Å². The summed E-state index contributed by atoms with van der Waals surface area (Å²) in [6, 6.07) is 7.76. The Balaban J connectivity index is 1.78. The molecule has 2 aliphatic rings. The molecule has 1 saturated heterocycles. The van der Waals surface area contributed by atoms with Gasteiger partial charge in [0.15, 0.2) is 0 Å². The van der Waals surface area contributed by atoms with Crippen LogP contribution in [-0.2, 0) is 22.3 Å². The lowest BCUT2D eigenvalue weighted by Crippen LogP contribution is -2.41. The molecular formula is C20H23BFNO3. The normalized spacial score (nSPS) is 21.4. The summed E-state index contributed by atoms with van der Waals surface area (Å²) < 4.78 is 28.1. The standard InChI is InChI=1S/C20H23BFNO3/c1-19(2)20(3,4)26-21(25-19)16(22)12-15-11-14-8-5-7-13-9-6-10-23(17(13)14)18(15)24/h5,7-8,11-12H,6,9-10H2,1-4H3. The summed E-state index contributed by atoms with van der Waals surface area (Å²) in [6.07, 6.45) is 3.14. The smallest absolute Gasteiger partial charge is 0.398 e. The minimum atomic E-state index is -1.09. The van der Waals surface area contributed by atoms with Crippen molar-refractivity contribution in [3.63, 3.8) is 0 Å². The van der Waals surface area contributed by atoms with Gasteiger partial charge in [-0.15, -0.1) is 0 Å². The Morgan fingerprint density at radius 1 is 1.23 bits per heavy atom. The van der Waals surface area contributed by atoms with Gasteiger partial charge in [-0.2, -0.15) is 0 Å². The van der Waals surface area contributed by atoms with Gasteiger partial charge >= 0.3 is 7.12 Å². The van der Waals surface area contributed by atoms with E-state index in [1.165, 1.54) is 11.6 Å². The zero-order chi connectivity index (χ0) is 18.7. The van der Waals surface area contributed by atoms with Crippen molar-refractivity contribution < 1.29 is 13.7 Å². The van der Waals surface area contributed by atoms with E-state index in [0.717, 1.165) is 23.7 Å². The van der Waals surface area contributed by atoms with Crippen molar-refractivity contribution in [3.05, 3.63) is 51.5 Å². The number of para-hydroxylation sites is 1. The average Bonchev–Trinajstić information content (AvgIpc) is 2.80. The van der Waals surface area contributed by atoms with Crippen molar-refractivity contribution >= 4 is 24.1 Å². The molecule has 0 spiro atoms. The van der Waals surface area contributed by atoms with Gasteiger partial charge in [-0.1, -0.05) is 18.2 Å². The lowest BCUT2D eigenvalue weighted by atomic mass is 9.86. The second kappa shape index (κ2) is 5.79. The Hall–Kier alpha value is -1.92. The SMILES string of the molecule is CC1(C)OB(C(F)=Cc2cc3cccc4c3n(c2=O)CCC4)OC1(C)C. The van der Waals surface area contributed by atoms with Crippen LogP contribution in [0.3, 0.4) is 0 Å². The van der Waals surface area contributed by atoms with Crippen LogP contribution in [-0.4, -0.2) is 22.9 Å². The van der Waals surface area contributed by atoms with E-state index in [2.05, 4.69) is 6.07 Å². The van der Waals surface area contributed by atoms with E-state index >= 15 is 0 Å². The van der Waals surface area contributed by atoms with E-state index in [-0.39, 0.29) is 5.56 Å². The second-order valence-electron chi connectivity index (χ2n) is 8.13. The molecular weight excluding hydrogens is 332 g/mol. The summed E-state index contributed by atoms with van der Waals surface area (Å²) in [5.41, 5.74) is 0.467. The molecule has 4 rings (SSSR count). The highest BCUT2D eigenvalue weighted by Crippen LogP contribution is 2.39. The van der Waals surface area contributed by atoms with E-state index in [9.17, 15) is 9.18 Å². The van der Waals surface area contributed by atoms with E-state index in [0.29, 0.717) is 12.1 Å². The molecule has 6 heteroatoms. The first-order chi connectivity index (χ1) is 12.2. The number of hydrogen-bond donors (Lipinski definition) is 0. The molecule has 1 aromatic carbocycles. The Kier molecular flexibility index (Phi) is 3.90. The highest BCUT2D eigenvalue weighted by molar-refractivity contribution is 6.54. The first-order valence-electron chi connectivity index (χ1n) is 9.08. The largest absolute Gasteiger partial charge is 0.525 e. The third-order valence-corrected chi connectivity index (χ3v) is 5.82. The number of halogens is 1. The molecule has 136 valence electrons. The summed E-state index contributed by atoms with van der Waals surface area (Å²) in [5, 5.41) is 0.953. The fourth-order valence-electron chi connectivity index (χ4n) is 3.66. The lowest BCUT2D eigenvalue weighted by molar-refractivity contribution is 0.00578. The second-order valence-corrected chi connectivity index (χ2v) is 8.13. The fraction of sp³-hybridized carbons (Fsp3) is 0.450. The Morgan fingerprint density at radius 3 is 2.62 bits per heavy atom. The number of nitrogens with zero attached hydrogens (tertiary/aromatic N) is 1. The minimum absolute atomic E-state index is 0.170. The van der Waals surface area contributed by atoms with Crippen LogP contribution in [0.5, 0.6) is 0 Å². The first kappa shape index (κ1) is 17.5. The molecule has 0 radical (unpaired) electrons. The number of rotatable bonds is 2. The lowest BCUT2D eigenvalue weighted by Gasteiger charge is -2.32. The molecule has 0 amide bonds. The summed E-state index contributed by atoms with van der Waals surface area (Å²) in [7, 11) is -1.09. The molecule has 3 heterocycles. The highest BCUT2D eigenvalue weighted by atomic mass is 19.1. The summed E-state index contributed by atoms with van der Waals surface area (Å²) >= 11 is 0. The quantitative estimate of drug-likeness (QED) is 0.768. The van der Waals surface area contributed by atoms with Crippen LogP contribution in [0.4, 0.5) is 4.39 Å². The minimum Gasteiger partial charge on any atom is -0.398 e. The monoisotopic (exact) mass is 355 g/mol. The van der Waals surface area contributed by atoms with Gasteiger partial charge in [-0.3, -0.25) is 4.79 Å². The number of pyridine rings is 1. The van der Waals surface area contributed by atoms with Crippen molar-refractivity contribution in [1.29, 1.82) is 0 Å². The molecule has 0 N–H and O–H groups in total. The number of aryl methyl sites for hydroxylation is 2. The molecule has 0 unspecified atom stereocenters. The van der Waals surface area contributed by atoms with Crippen LogP contribution in [0.15, 0.2) is 34.8 Å². The topological polar surface area (TPSA) is 40.5 Å². The van der Waals surface area contributed by atoms with Crippen LogP contribution >= 0.6 is 0 Å². The molecule has 0 saturated carbocycles. The highest BCUT2D eigenvalue weighted by Gasteiger charge is 2.53. The summed E-state index contributed by atoms with van der Waals surface area (Å²) in [6.45, 7) is 8.15. The number of aromatic nitrogens is 1. The molecule has 0 bridgehead atoms. The van der Waals surface area contributed by atoms with Gasteiger partial charge in [0.2, 0.25) is 0 Å². The van der Waals surface area contributed by atoms with Gasteiger partial charge in [0.1, 0.15) is 5.73 Å². The molecule has 2 aliphatic heterocycles. The van der Waals surface area contributed by atoms with Gasteiger partial charge in [-0.05, 0) is 63.6 Å². The first-order valence-corrected chi connectivity index (χ1v) is 9.08. The van der Waals surface area contributed by atoms with Gasteiger partial charge in [0, 0.05) is 12.1 Å². The molecule has 26 heavy (non-hydrogen) atoms. The van der Waals surface area contributed by atoms with Gasteiger partial charge in [0.25, 0.3) is 5.56 Å². The van der Waals surface area contributed by atoms with Crippen LogP contribution in [0.25, 0.3) is 17.0 Å². The molecule has 1 fully saturated rings. The van der Waals surface area contributed by atoms with Crippen LogP contribution in [0.1, 0.15) is 45.2 Å². The third kappa shape index (κ3) is 2.63. The molecule has 4 nitrogen and oxygen atoms in total. The fourth-order valence-corrected chi connectivity index (χ4v) is 3.66. The van der Waals surface area contributed by atoms with E-state index < -0.39 is 24.0 Å². The van der Waals surface area contributed by atoms with E-state index in [1.807, 2.05) is 39.8 Å². The predicted octanol–water partition coefficient (Wildman–Crippen LogP) is 3.89. The van der Waals surface area contributed by atoms with Crippen LogP contribution in [0.2, 0.25) is 0 Å². The van der Waals surface area contributed by atoms with Crippen molar-refractivity contribution in [2.24, 2.45) is 0 Å². The van der Waals surface area contributed by atoms with E-state index in [4.69, 9.17) is 9.31 Å². The Bertz CT molecular complexity index is 961. The van der Waals surface area contributed by atoms with Gasteiger partial charge in [0.05, 0.1) is 16.7 Å². The average molecular weight is 355 g/mol. The number of hydrogen-bond acceptors (Lipinski definition) is 3. The summed E-state index contributed by atoms with van der Waals surface area (Å²) in [4.78, 5) is 12.9. The van der Waals surface area contributed by atoms with Gasteiger partial charge < -0.3 is 13.9 Å². The number of benzene rings is 1. The molecule has 0 atom stereocenters. The Morgan fingerprint density at radius 2 is 1.92 bits per heavy atom. The molecule has 2 aromatic rings. The Labute approximate surface area is 152 Å². The molecule has 1 aromatic heterocycles. The maximum Gasteiger partial charge on any atom is 0.525 e. The maximum atomic E-state index is 14.9. The maximum absolute atomic E-state index is 14.9. The summed E-state index contributed by atoms with van der Waals surface area (Å²) in [5.74, 6) is 0.